The quantitative estimate of drug-likeness (QED) is 0.600. The highest BCUT2D eigenvalue weighted by Crippen LogP contribution is 2.43. The number of nitrogens with two attached hydrogens (primary N) is 1. The van der Waals surface area contributed by atoms with Gasteiger partial charge in [0.2, 0.25) is 5.91 Å². The van der Waals surface area contributed by atoms with Crippen LogP contribution >= 0.6 is 0 Å². The van der Waals surface area contributed by atoms with Crippen LogP contribution in [0.4, 0.5) is 0 Å². The average Bonchev–Trinajstić information content (AvgIpc) is 2.34. The lowest BCUT2D eigenvalue weighted by Crippen LogP contribution is -2.44. The van der Waals surface area contributed by atoms with Gasteiger partial charge in [-0.2, -0.15) is 0 Å². The molecule has 1 atom stereocenters. The van der Waals surface area contributed by atoms with E-state index in [0.717, 1.165) is 19.4 Å². The summed E-state index contributed by atoms with van der Waals surface area (Å²) in [4.78, 5) is 13.7. The molecule has 1 saturated heterocycles. The van der Waals surface area contributed by atoms with Gasteiger partial charge in [-0.3, -0.25) is 4.79 Å². The van der Waals surface area contributed by atoms with E-state index in [1.54, 1.807) is 4.90 Å². The molecule has 2 fully saturated rings. The topological polar surface area (TPSA) is 46.3 Å². The van der Waals surface area contributed by atoms with Crippen molar-refractivity contribution in [2.75, 3.05) is 13.6 Å². The molecule has 1 saturated carbocycles. The summed E-state index contributed by atoms with van der Waals surface area (Å²) < 4.78 is 0. The largest absolute Gasteiger partial charge is 0.344 e. The Labute approximate surface area is 79.3 Å². The number of rotatable bonds is 0. The molecule has 2 N–H and O–H groups in total. The summed E-state index contributed by atoms with van der Waals surface area (Å²) in [5, 5.41) is 0. The van der Waals surface area contributed by atoms with E-state index in [9.17, 15) is 4.79 Å². The zero-order valence-corrected chi connectivity index (χ0v) is 8.25. The van der Waals surface area contributed by atoms with Crippen LogP contribution in [-0.4, -0.2) is 30.4 Å². The van der Waals surface area contributed by atoms with E-state index in [2.05, 4.69) is 0 Å². The number of hydrogen-bond acceptors (Lipinski definition) is 2. The van der Waals surface area contributed by atoms with E-state index in [1.807, 2.05) is 7.05 Å². The van der Waals surface area contributed by atoms with E-state index in [-0.39, 0.29) is 11.5 Å². The molecule has 2 aliphatic rings. The van der Waals surface area contributed by atoms with Gasteiger partial charge in [-0.05, 0) is 12.8 Å². The Morgan fingerprint density at radius 1 is 1.38 bits per heavy atom. The SMILES string of the molecule is CN1CC(N)C2(CCCCC2)C1=O. The van der Waals surface area contributed by atoms with Crippen LogP contribution in [0, 0.1) is 5.41 Å². The third-order valence-electron chi connectivity index (χ3n) is 3.70. The number of nitrogens with zero attached hydrogens (tertiary/aromatic N) is 1. The highest BCUT2D eigenvalue weighted by atomic mass is 16.2. The number of carbonyl (C=O) groups excluding carboxylic acids is 1. The lowest BCUT2D eigenvalue weighted by Gasteiger charge is -2.34. The first-order valence-corrected chi connectivity index (χ1v) is 5.18. The fourth-order valence-corrected chi connectivity index (χ4v) is 2.86. The Bertz CT molecular complexity index is 221. The molecule has 1 heterocycles. The Morgan fingerprint density at radius 2 is 2.00 bits per heavy atom. The van der Waals surface area contributed by atoms with Crippen molar-refractivity contribution in [1.29, 1.82) is 0 Å². The minimum Gasteiger partial charge on any atom is -0.344 e. The molecule has 13 heavy (non-hydrogen) atoms. The molecule has 3 nitrogen and oxygen atoms in total. The molecule has 0 aromatic carbocycles. The Morgan fingerprint density at radius 3 is 2.46 bits per heavy atom. The van der Waals surface area contributed by atoms with Gasteiger partial charge >= 0.3 is 0 Å². The molecule has 74 valence electrons. The van der Waals surface area contributed by atoms with Crippen molar-refractivity contribution in [1.82, 2.24) is 4.90 Å². The van der Waals surface area contributed by atoms with E-state index < -0.39 is 0 Å². The summed E-state index contributed by atoms with van der Waals surface area (Å²) in [6.45, 7) is 0.749. The Balaban J connectivity index is 2.23. The minimum absolute atomic E-state index is 0.0744. The summed E-state index contributed by atoms with van der Waals surface area (Å²) in [5.74, 6) is 0.291. The highest BCUT2D eigenvalue weighted by Gasteiger charge is 2.51. The molecule has 1 aliphatic heterocycles. The Kier molecular flexibility index (Phi) is 2.06. The van der Waals surface area contributed by atoms with E-state index in [0.29, 0.717) is 5.91 Å². The second-order valence-electron chi connectivity index (χ2n) is 4.51. The maximum absolute atomic E-state index is 11.9. The van der Waals surface area contributed by atoms with Crippen molar-refractivity contribution in [3.05, 3.63) is 0 Å². The smallest absolute Gasteiger partial charge is 0.230 e. The van der Waals surface area contributed by atoms with Crippen molar-refractivity contribution in [2.24, 2.45) is 11.1 Å². The van der Waals surface area contributed by atoms with E-state index in [1.165, 1.54) is 19.3 Å². The van der Waals surface area contributed by atoms with Gasteiger partial charge in [-0.1, -0.05) is 19.3 Å². The maximum Gasteiger partial charge on any atom is 0.230 e. The van der Waals surface area contributed by atoms with Crippen molar-refractivity contribution in [3.63, 3.8) is 0 Å². The van der Waals surface area contributed by atoms with Crippen LogP contribution in [0.1, 0.15) is 32.1 Å². The predicted octanol–water partition coefficient (Wildman–Crippen LogP) is 0.736. The lowest BCUT2D eigenvalue weighted by atomic mass is 9.70. The monoisotopic (exact) mass is 182 g/mol. The maximum atomic E-state index is 11.9. The van der Waals surface area contributed by atoms with Crippen molar-refractivity contribution < 1.29 is 4.79 Å². The normalized spacial score (nSPS) is 32.9. The predicted molar refractivity (Wildman–Crippen MR) is 51.1 cm³/mol. The molecule has 1 unspecified atom stereocenters. The summed E-state index contributed by atoms with van der Waals surface area (Å²) in [6.07, 6.45) is 5.64. The molecule has 3 heteroatoms. The first-order valence-electron chi connectivity index (χ1n) is 5.18. The third-order valence-corrected chi connectivity index (χ3v) is 3.70. The van der Waals surface area contributed by atoms with Gasteiger partial charge in [0.25, 0.3) is 0 Å². The highest BCUT2D eigenvalue weighted by molar-refractivity contribution is 5.86. The molecule has 0 radical (unpaired) electrons. The molecule has 2 rings (SSSR count). The van der Waals surface area contributed by atoms with Gasteiger partial charge in [0.1, 0.15) is 0 Å². The second kappa shape index (κ2) is 2.98. The molecule has 1 aliphatic carbocycles. The number of carbonyl (C=O) groups is 1. The van der Waals surface area contributed by atoms with Crippen LogP contribution in [0.5, 0.6) is 0 Å². The van der Waals surface area contributed by atoms with Gasteiger partial charge in [-0.15, -0.1) is 0 Å². The van der Waals surface area contributed by atoms with Crippen molar-refractivity contribution in [2.45, 2.75) is 38.1 Å². The average molecular weight is 182 g/mol. The third kappa shape index (κ3) is 1.17. The van der Waals surface area contributed by atoms with E-state index >= 15 is 0 Å². The molecule has 0 bridgehead atoms. The van der Waals surface area contributed by atoms with E-state index in [4.69, 9.17) is 5.73 Å². The van der Waals surface area contributed by atoms with Crippen molar-refractivity contribution >= 4 is 5.91 Å². The Hall–Kier alpha value is -0.570. The zero-order valence-electron chi connectivity index (χ0n) is 8.25. The van der Waals surface area contributed by atoms with Crippen LogP contribution in [-0.2, 0) is 4.79 Å². The molecular weight excluding hydrogens is 164 g/mol. The summed E-state index contributed by atoms with van der Waals surface area (Å²) in [5.41, 5.74) is 5.89. The van der Waals surface area contributed by atoms with Gasteiger partial charge in [0.15, 0.2) is 0 Å². The van der Waals surface area contributed by atoms with Crippen LogP contribution in [0.2, 0.25) is 0 Å². The molecule has 0 aromatic heterocycles. The molecular formula is C10H18N2O. The van der Waals surface area contributed by atoms with Gasteiger partial charge in [0.05, 0.1) is 5.41 Å². The first kappa shape index (κ1) is 9.00. The fourth-order valence-electron chi connectivity index (χ4n) is 2.86. The summed E-state index contributed by atoms with van der Waals surface area (Å²) in [6, 6.07) is 0.0744. The number of hydrogen-bond donors (Lipinski definition) is 1. The van der Waals surface area contributed by atoms with Crippen molar-refractivity contribution in [3.8, 4) is 0 Å². The zero-order chi connectivity index (χ0) is 9.47. The minimum atomic E-state index is -0.174. The van der Waals surface area contributed by atoms with Gasteiger partial charge < -0.3 is 10.6 Å². The molecule has 1 spiro atoms. The standard InChI is InChI=1S/C10H18N2O/c1-12-7-8(11)10(9(12)13)5-3-2-4-6-10/h8H,2-7,11H2,1H3. The number of likely N-dealkylation sites (N-methyl/N-ethyl adjacent to an activating group) is 1. The van der Waals surface area contributed by atoms with Crippen LogP contribution < -0.4 is 5.73 Å². The second-order valence-corrected chi connectivity index (χ2v) is 4.51. The number of likely N-dealkylation sites (tertiary alicyclic amines) is 1. The summed E-state index contributed by atoms with van der Waals surface area (Å²) in [7, 11) is 1.87. The molecule has 0 aromatic rings. The molecule has 1 amide bonds. The fraction of sp³-hybridized carbons (Fsp3) is 0.900. The first-order chi connectivity index (χ1) is 6.17. The summed E-state index contributed by atoms with van der Waals surface area (Å²) >= 11 is 0. The van der Waals surface area contributed by atoms with Crippen LogP contribution in [0.3, 0.4) is 0 Å². The van der Waals surface area contributed by atoms with Gasteiger partial charge in [0, 0.05) is 19.6 Å². The van der Waals surface area contributed by atoms with Gasteiger partial charge in [-0.25, -0.2) is 0 Å². The van der Waals surface area contributed by atoms with Crippen LogP contribution in [0.15, 0.2) is 0 Å². The van der Waals surface area contributed by atoms with Crippen LogP contribution in [0.25, 0.3) is 0 Å². The lowest BCUT2D eigenvalue weighted by molar-refractivity contribution is -0.136. The number of amides is 1.